The molecule has 28 heavy (non-hydrogen) atoms. The summed E-state index contributed by atoms with van der Waals surface area (Å²) in [5, 5.41) is 8.50. The van der Waals surface area contributed by atoms with Crippen LogP contribution in [0, 0.1) is 0 Å². The maximum absolute atomic E-state index is 12.6. The van der Waals surface area contributed by atoms with Crippen molar-refractivity contribution in [2.24, 2.45) is 0 Å². The fraction of sp³-hybridized carbons (Fsp3) is 0.364. The van der Waals surface area contributed by atoms with E-state index in [-0.39, 0.29) is 12.0 Å². The molecule has 1 fully saturated rings. The molecule has 0 bridgehead atoms. The van der Waals surface area contributed by atoms with Gasteiger partial charge in [0.2, 0.25) is 0 Å². The first-order chi connectivity index (χ1) is 13.6. The normalized spacial score (nSPS) is 16.6. The predicted molar refractivity (Wildman–Crippen MR) is 109 cm³/mol. The number of hydrogen-bond acceptors (Lipinski definition) is 4. The monoisotopic (exact) mass is 379 g/mol. The number of rotatable bonds is 6. The highest BCUT2D eigenvalue weighted by Crippen LogP contribution is 2.33. The zero-order valence-corrected chi connectivity index (χ0v) is 16.2. The number of nitrogens with one attached hydrogen (secondary N) is 1. The minimum absolute atomic E-state index is 0.0183. The highest BCUT2D eigenvalue weighted by molar-refractivity contribution is 6.04. The molecule has 0 unspecified atom stereocenters. The van der Waals surface area contributed by atoms with E-state index in [4.69, 9.17) is 14.6 Å². The Kier molecular flexibility index (Phi) is 5.30. The van der Waals surface area contributed by atoms with E-state index in [1.807, 2.05) is 54.9 Å². The Labute approximate surface area is 164 Å². The molecule has 0 radical (unpaired) electrons. The highest BCUT2D eigenvalue weighted by Gasteiger charge is 2.26. The smallest absolute Gasteiger partial charge is 0.254 e. The number of carbonyl (C=O) groups excluding carboxylic acids is 1. The van der Waals surface area contributed by atoms with Crippen LogP contribution in [0.1, 0.15) is 32.3 Å². The number of ether oxygens (including phenoxy) is 2. The second-order valence-corrected chi connectivity index (χ2v) is 7.30. The van der Waals surface area contributed by atoms with Crippen molar-refractivity contribution < 1.29 is 14.3 Å². The summed E-state index contributed by atoms with van der Waals surface area (Å²) < 4.78 is 13.4. The van der Waals surface area contributed by atoms with Crippen LogP contribution in [0.2, 0.25) is 0 Å². The summed E-state index contributed by atoms with van der Waals surface area (Å²) in [4.78, 5) is 12.6. The molecule has 0 aliphatic carbocycles. The first-order valence-electron chi connectivity index (χ1n) is 9.74. The molecule has 1 aliphatic heterocycles. The van der Waals surface area contributed by atoms with Crippen LogP contribution in [0.5, 0.6) is 5.75 Å². The molecular weight excluding hydrogens is 354 g/mol. The zero-order chi connectivity index (χ0) is 19.5. The lowest BCUT2D eigenvalue weighted by molar-refractivity contribution is -0.124. The molecule has 1 amide bonds. The van der Waals surface area contributed by atoms with Crippen LogP contribution >= 0.6 is 0 Å². The Bertz CT molecular complexity index is 960. The minimum atomic E-state index is -0.410. The molecule has 1 N–H and O–H groups in total. The van der Waals surface area contributed by atoms with Crippen molar-refractivity contribution in [1.29, 1.82) is 0 Å². The van der Waals surface area contributed by atoms with E-state index in [9.17, 15) is 4.79 Å². The Balaban J connectivity index is 1.74. The molecule has 6 nitrogen and oxygen atoms in total. The fourth-order valence-corrected chi connectivity index (χ4v) is 3.50. The van der Waals surface area contributed by atoms with E-state index < -0.39 is 6.10 Å². The molecule has 0 saturated carbocycles. The number of anilines is 1. The molecule has 2 heterocycles. The summed E-state index contributed by atoms with van der Waals surface area (Å²) in [6.45, 7) is 5.21. The standard InChI is InChI=1S/C22H25N3O3/c1-15(2)28-18-11-6-10-17-20(18)21(23-22(26)19-12-7-13-27-19)24-25(17)14-16-8-4-3-5-9-16/h3-6,8-11,15,19H,7,12-14H2,1-2H3,(H,23,24,26)/t19-/m0/s1. The molecule has 3 aromatic rings. The topological polar surface area (TPSA) is 65.4 Å². The van der Waals surface area contributed by atoms with Crippen molar-refractivity contribution in [2.45, 2.75) is 45.4 Å². The van der Waals surface area contributed by atoms with Gasteiger partial charge in [0.05, 0.1) is 23.6 Å². The summed E-state index contributed by atoms with van der Waals surface area (Å²) in [5.41, 5.74) is 2.06. The second-order valence-electron chi connectivity index (χ2n) is 7.30. The Morgan fingerprint density at radius 3 is 2.79 bits per heavy atom. The van der Waals surface area contributed by atoms with Crippen molar-refractivity contribution >= 4 is 22.6 Å². The number of benzene rings is 2. The molecule has 2 aromatic carbocycles. The van der Waals surface area contributed by atoms with E-state index in [0.29, 0.717) is 19.0 Å². The lowest BCUT2D eigenvalue weighted by Gasteiger charge is -2.12. The average molecular weight is 379 g/mol. The van der Waals surface area contributed by atoms with Crippen molar-refractivity contribution in [1.82, 2.24) is 9.78 Å². The van der Waals surface area contributed by atoms with Gasteiger partial charge in [0.1, 0.15) is 11.9 Å². The largest absolute Gasteiger partial charge is 0.490 e. The van der Waals surface area contributed by atoms with E-state index in [1.165, 1.54) is 0 Å². The number of fused-ring (bicyclic) bond motifs is 1. The lowest BCUT2D eigenvalue weighted by atomic mass is 10.2. The summed E-state index contributed by atoms with van der Waals surface area (Å²) in [6, 6.07) is 16.0. The first-order valence-corrected chi connectivity index (χ1v) is 9.74. The SMILES string of the molecule is CC(C)Oc1cccc2c1c(NC(=O)[C@@H]1CCCO1)nn2Cc1ccccc1. The number of amides is 1. The predicted octanol–water partition coefficient (Wildman–Crippen LogP) is 3.99. The zero-order valence-electron chi connectivity index (χ0n) is 16.2. The molecule has 6 heteroatoms. The average Bonchev–Trinajstić information content (AvgIpc) is 3.32. The molecule has 0 spiro atoms. The van der Waals surface area contributed by atoms with Gasteiger partial charge in [0, 0.05) is 6.61 Å². The van der Waals surface area contributed by atoms with Crippen molar-refractivity contribution in [3.05, 3.63) is 54.1 Å². The number of carbonyl (C=O) groups is 1. The third-order valence-electron chi connectivity index (χ3n) is 4.74. The third-order valence-corrected chi connectivity index (χ3v) is 4.74. The van der Waals surface area contributed by atoms with E-state index in [0.717, 1.165) is 35.1 Å². The van der Waals surface area contributed by atoms with Crippen LogP contribution in [-0.4, -0.2) is 34.5 Å². The van der Waals surface area contributed by atoms with E-state index in [2.05, 4.69) is 17.4 Å². The van der Waals surface area contributed by atoms with Crippen molar-refractivity contribution in [2.75, 3.05) is 11.9 Å². The van der Waals surface area contributed by atoms with Gasteiger partial charge in [-0.1, -0.05) is 36.4 Å². The van der Waals surface area contributed by atoms with Crippen LogP contribution < -0.4 is 10.1 Å². The quantitative estimate of drug-likeness (QED) is 0.703. The molecule has 4 rings (SSSR count). The van der Waals surface area contributed by atoms with E-state index in [1.54, 1.807) is 0 Å². The van der Waals surface area contributed by atoms with Gasteiger partial charge in [0.25, 0.3) is 5.91 Å². The fourth-order valence-electron chi connectivity index (χ4n) is 3.50. The summed E-state index contributed by atoms with van der Waals surface area (Å²) in [6.07, 6.45) is 1.25. The van der Waals surface area contributed by atoms with Gasteiger partial charge >= 0.3 is 0 Å². The molecule has 146 valence electrons. The van der Waals surface area contributed by atoms with E-state index >= 15 is 0 Å². The number of hydrogen-bond donors (Lipinski definition) is 1. The van der Waals surface area contributed by atoms with Crippen molar-refractivity contribution in [3.8, 4) is 5.75 Å². The molecule has 1 saturated heterocycles. The summed E-state index contributed by atoms with van der Waals surface area (Å²) >= 11 is 0. The van der Waals surface area contributed by atoms with Gasteiger partial charge < -0.3 is 14.8 Å². The third kappa shape index (κ3) is 3.87. The van der Waals surface area contributed by atoms with Crippen LogP contribution in [0.25, 0.3) is 10.9 Å². The molecule has 1 aliphatic rings. The van der Waals surface area contributed by atoms with Crippen LogP contribution in [-0.2, 0) is 16.1 Å². The van der Waals surface area contributed by atoms with Crippen molar-refractivity contribution in [3.63, 3.8) is 0 Å². The van der Waals surface area contributed by atoms with Crippen LogP contribution in [0.3, 0.4) is 0 Å². The van der Waals surface area contributed by atoms with Gasteiger partial charge in [-0.05, 0) is 44.4 Å². The molecular formula is C22H25N3O3. The Morgan fingerprint density at radius 1 is 1.25 bits per heavy atom. The van der Waals surface area contributed by atoms with Gasteiger partial charge in [-0.25, -0.2) is 0 Å². The summed E-state index contributed by atoms with van der Waals surface area (Å²) in [5.74, 6) is 1.08. The molecule has 1 atom stereocenters. The van der Waals surface area contributed by atoms with Crippen LogP contribution in [0.15, 0.2) is 48.5 Å². The first kappa shape index (κ1) is 18.5. The van der Waals surface area contributed by atoms with Crippen LogP contribution in [0.4, 0.5) is 5.82 Å². The lowest BCUT2D eigenvalue weighted by Crippen LogP contribution is -2.27. The van der Waals surface area contributed by atoms with Gasteiger partial charge in [-0.15, -0.1) is 0 Å². The maximum Gasteiger partial charge on any atom is 0.254 e. The van der Waals surface area contributed by atoms with Gasteiger partial charge in [-0.2, -0.15) is 5.10 Å². The second kappa shape index (κ2) is 8.02. The van der Waals surface area contributed by atoms with Gasteiger partial charge in [-0.3, -0.25) is 9.48 Å². The van der Waals surface area contributed by atoms with Gasteiger partial charge in [0.15, 0.2) is 5.82 Å². The molecule has 1 aromatic heterocycles. The summed E-state index contributed by atoms with van der Waals surface area (Å²) in [7, 11) is 0. The maximum atomic E-state index is 12.6. The number of aromatic nitrogens is 2. The Hall–Kier alpha value is -2.86. The minimum Gasteiger partial charge on any atom is -0.490 e. The number of nitrogens with zero attached hydrogens (tertiary/aromatic N) is 2. The Morgan fingerprint density at radius 2 is 2.07 bits per heavy atom. The highest BCUT2D eigenvalue weighted by atomic mass is 16.5.